The van der Waals surface area contributed by atoms with Gasteiger partial charge in [-0.2, -0.15) is 5.26 Å². The molecule has 0 spiro atoms. The number of rotatable bonds is 3. The van der Waals surface area contributed by atoms with Crippen LogP contribution in [0.2, 0.25) is 0 Å². The zero-order valence-electron chi connectivity index (χ0n) is 15.5. The monoisotopic (exact) mass is 355 g/mol. The number of allylic oxidation sites excluding steroid dienone is 1. The lowest BCUT2D eigenvalue weighted by atomic mass is 9.74. The molecule has 0 amide bonds. The second kappa shape index (κ2) is 7.20. The summed E-state index contributed by atoms with van der Waals surface area (Å²) in [4.78, 5) is 9.00. The van der Waals surface area contributed by atoms with Crippen molar-refractivity contribution in [2.75, 3.05) is 0 Å². The molecule has 27 heavy (non-hydrogen) atoms. The van der Waals surface area contributed by atoms with Gasteiger partial charge in [0.05, 0.1) is 23.0 Å². The van der Waals surface area contributed by atoms with E-state index in [4.69, 9.17) is 4.42 Å². The molecule has 3 atom stereocenters. The molecule has 0 saturated carbocycles. The molecular formula is C23H21N3O. The van der Waals surface area contributed by atoms with Crippen molar-refractivity contribution in [3.05, 3.63) is 77.8 Å². The van der Waals surface area contributed by atoms with Crippen LogP contribution in [0.25, 0.3) is 17.2 Å². The molecule has 0 aliphatic heterocycles. The highest BCUT2D eigenvalue weighted by Crippen LogP contribution is 2.39. The zero-order valence-corrected chi connectivity index (χ0v) is 15.5. The van der Waals surface area contributed by atoms with Gasteiger partial charge in [0.15, 0.2) is 6.39 Å². The molecule has 0 radical (unpaired) electrons. The summed E-state index contributed by atoms with van der Waals surface area (Å²) in [5.41, 5.74) is 4.46. The Bertz CT molecular complexity index is 1010. The van der Waals surface area contributed by atoms with Crippen molar-refractivity contribution in [2.45, 2.75) is 26.2 Å². The minimum absolute atomic E-state index is 0.239. The topological polar surface area (TPSA) is 62.7 Å². The maximum Gasteiger partial charge on any atom is 0.181 e. The lowest BCUT2D eigenvalue weighted by Gasteiger charge is -2.30. The summed E-state index contributed by atoms with van der Waals surface area (Å²) in [6, 6.07) is 13.8. The van der Waals surface area contributed by atoms with Gasteiger partial charge < -0.3 is 4.42 Å². The van der Waals surface area contributed by atoms with Gasteiger partial charge in [-0.1, -0.05) is 44.2 Å². The molecule has 3 aromatic rings. The van der Waals surface area contributed by atoms with Crippen LogP contribution in [-0.4, -0.2) is 9.97 Å². The van der Waals surface area contributed by atoms with Crippen molar-refractivity contribution in [3.63, 3.8) is 0 Å². The molecule has 2 aromatic heterocycles. The molecule has 4 heteroatoms. The van der Waals surface area contributed by atoms with Crippen LogP contribution in [-0.2, 0) is 6.42 Å². The van der Waals surface area contributed by atoms with Gasteiger partial charge in [-0.05, 0) is 30.0 Å². The van der Waals surface area contributed by atoms with Crippen LogP contribution >= 0.6 is 0 Å². The highest BCUT2D eigenvalue weighted by atomic mass is 16.3. The summed E-state index contributed by atoms with van der Waals surface area (Å²) in [5.74, 6) is 2.30. The second-order valence-corrected chi connectivity index (χ2v) is 7.22. The van der Waals surface area contributed by atoms with Crippen LogP contribution in [0, 0.1) is 23.2 Å². The van der Waals surface area contributed by atoms with Gasteiger partial charge in [-0.3, -0.25) is 4.98 Å². The number of hydrogen-bond acceptors (Lipinski definition) is 4. The molecule has 1 aromatic carbocycles. The van der Waals surface area contributed by atoms with Crippen molar-refractivity contribution in [3.8, 4) is 17.2 Å². The van der Waals surface area contributed by atoms with E-state index in [9.17, 15) is 5.26 Å². The highest BCUT2D eigenvalue weighted by Gasteiger charge is 2.33. The van der Waals surface area contributed by atoms with Gasteiger partial charge >= 0.3 is 0 Å². The molecule has 0 bridgehead atoms. The molecule has 0 N–H and O–H groups in total. The van der Waals surface area contributed by atoms with Crippen LogP contribution in [0.4, 0.5) is 0 Å². The first-order valence-corrected chi connectivity index (χ1v) is 9.23. The lowest BCUT2D eigenvalue weighted by Crippen LogP contribution is -2.24. The molecule has 0 unspecified atom stereocenters. The van der Waals surface area contributed by atoms with Gasteiger partial charge in [-0.15, -0.1) is 0 Å². The number of oxazole rings is 1. The Kier molecular flexibility index (Phi) is 4.60. The number of pyridine rings is 1. The summed E-state index contributed by atoms with van der Waals surface area (Å²) in [7, 11) is 0. The Hall–Kier alpha value is -3.19. The fraction of sp³-hybridized carbons (Fsp3) is 0.261. The Morgan fingerprint density at radius 1 is 1.15 bits per heavy atom. The van der Waals surface area contributed by atoms with Crippen molar-refractivity contribution in [2.24, 2.45) is 11.8 Å². The van der Waals surface area contributed by atoms with E-state index in [2.05, 4.69) is 42.0 Å². The molecule has 134 valence electrons. The smallest absolute Gasteiger partial charge is 0.181 e. The van der Waals surface area contributed by atoms with E-state index >= 15 is 0 Å². The molecular weight excluding hydrogens is 334 g/mol. The van der Waals surface area contributed by atoms with E-state index in [1.54, 1.807) is 6.39 Å². The molecule has 0 saturated heterocycles. The van der Waals surface area contributed by atoms with Crippen molar-refractivity contribution < 1.29 is 4.42 Å². The van der Waals surface area contributed by atoms with E-state index in [1.165, 1.54) is 0 Å². The minimum Gasteiger partial charge on any atom is -0.448 e. The van der Waals surface area contributed by atoms with E-state index in [1.807, 2.05) is 42.6 Å². The van der Waals surface area contributed by atoms with Crippen LogP contribution in [0.3, 0.4) is 0 Å². The van der Waals surface area contributed by atoms with E-state index in [0.29, 0.717) is 17.4 Å². The first-order chi connectivity index (χ1) is 13.2. The van der Waals surface area contributed by atoms with Gasteiger partial charge in [-0.25, -0.2) is 4.98 Å². The van der Waals surface area contributed by atoms with Gasteiger partial charge in [0, 0.05) is 29.7 Å². The fourth-order valence-electron chi connectivity index (χ4n) is 3.75. The van der Waals surface area contributed by atoms with Crippen LogP contribution < -0.4 is 0 Å². The van der Waals surface area contributed by atoms with Gasteiger partial charge in [0.2, 0.25) is 0 Å². The number of benzene rings is 1. The maximum absolute atomic E-state index is 9.28. The second-order valence-electron chi connectivity index (χ2n) is 7.22. The van der Waals surface area contributed by atoms with E-state index in [0.717, 1.165) is 34.7 Å². The normalized spacial score (nSPS) is 21.7. The van der Waals surface area contributed by atoms with Gasteiger partial charge in [0.1, 0.15) is 5.76 Å². The minimum atomic E-state index is 0.239. The summed E-state index contributed by atoms with van der Waals surface area (Å²) in [6.07, 6.45) is 8.57. The maximum atomic E-state index is 9.28. The van der Waals surface area contributed by atoms with Crippen molar-refractivity contribution >= 4 is 6.08 Å². The predicted molar refractivity (Wildman–Crippen MR) is 105 cm³/mol. The van der Waals surface area contributed by atoms with Gasteiger partial charge in [0.25, 0.3) is 0 Å². The van der Waals surface area contributed by atoms with Crippen LogP contribution in [0.1, 0.15) is 42.5 Å². The average molecular weight is 355 g/mol. The Labute approximate surface area is 159 Å². The predicted octanol–water partition coefficient (Wildman–Crippen LogP) is 5.23. The molecule has 1 aliphatic rings. The number of fused-ring (bicyclic) bond motifs is 1. The van der Waals surface area contributed by atoms with E-state index in [-0.39, 0.29) is 5.92 Å². The highest BCUT2D eigenvalue weighted by molar-refractivity contribution is 5.70. The summed E-state index contributed by atoms with van der Waals surface area (Å²) in [6.45, 7) is 4.53. The number of aromatic nitrogens is 2. The van der Waals surface area contributed by atoms with Crippen molar-refractivity contribution in [1.29, 1.82) is 5.26 Å². The SMILES string of the molecule is C[C@H]1[C@H](/C=C/c2ccc(-c3ccccc3C#N)cn2)c2ncoc2C[C@@H]1C. The van der Waals surface area contributed by atoms with Crippen LogP contribution in [0.5, 0.6) is 0 Å². The Morgan fingerprint density at radius 2 is 2.00 bits per heavy atom. The fourth-order valence-corrected chi connectivity index (χ4v) is 3.75. The van der Waals surface area contributed by atoms with Crippen LogP contribution in [0.15, 0.2) is 59.5 Å². The van der Waals surface area contributed by atoms with E-state index < -0.39 is 0 Å². The molecule has 4 nitrogen and oxygen atoms in total. The summed E-state index contributed by atoms with van der Waals surface area (Å²) >= 11 is 0. The average Bonchev–Trinajstić information content (AvgIpc) is 3.16. The first kappa shape index (κ1) is 17.2. The number of nitriles is 1. The largest absolute Gasteiger partial charge is 0.448 e. The summed E-state index contributed by atoms with van der Waals surface area (Å²) < 4.78 is 5.56. The number of hydrogen-bond donors (Lipinski definition) is 0. The Morgan fingerprint density at radius 3 is 2.78 bits per heavy atom. The quantitative estimate of drug-likeness (QED) is 0.645. The molecule has 2 heterocycles. The van der Waals surface area contributed by atoms with Crippen molar-refractivity contribution in [1.82, 2.24) is 9.97 Å². The standard InChI is InChI=1S/C23H21N3O/c1-15-11-22-23(26-14-27-22)20(16(15)2)10-9-19-8-7-18(13-25-19)21-6-4-3-5-17(21)12-24/h3-10,13-16,20H,11H2,1-2H3/b10-9+/t15-,16+,20-/m0/s1. The molecule has 4 rings (SSSR count). The summed E-state index contributed by atoms with van der Waals surface area (Å²) in [5, 5.41) is 9.28. The zero-order chi connectivity index (χ0) is 18.8. The third-order valence-electron chi connectivity index (χ3n) is 5.58. The molecule has 1 aliphatic carbocycles. The number of nitrogens with zero attached hydrogens (tertiary/aromatic N) is 3. The molecule has 0 fully saturated rings. The first-order valence-electron chi connectivity index (χ1n) is 9.23. The third kappa shape index (κ3) is 3.29. The lowest BCUT2D eigenvalue weighted by molar-refractivity contribution is 0.301. The Balaban J connectivity index is 1.58. The third-order valence-corrected chi connectivity index (χ3v) is 5.58.